The van der Waals surface area contributed by atoms with Crippen LogP contribution in [0.1, 0.15) is 12.8 Å². The molecule has 1 heterocycles. The lowest BCUT2D eigenvalue weighted by atomic mass is 9.95. The summed E-state index contributed by atoms with van der Waals surface area (Å²) in [4.78, 5) is 12.5. The van der Waals surface area contributed by atoms with Gasteiger partial charge < -0.3 is 10.6 Å². The van der Waals surface area contributed by atoms with E-state index < -0.39 is 26.3 Å². The van der Waals surface area contributed by atoms with Crippen LogP contribution in [0.25, 0.3) is 0 Å². The van der Waals surface area contributed by atoms with Crippen LogP contribution in [-0.4, -0.2) is 38.4 Å². The molecule has 1 aliphatic rings. The fourth-order valence-corrected chi connectivity index (χ4v) is 3.92. The maximum Gasteiger partial charge on any atom is 0.246 e. The van der Waals surface area contributed by atoms with Gasteiger partial charge >= 0.3 is 0 Å². The predicted molar refractivity (Wildman–Crippen MR) is 79.7 cm³/mol. The minimum absolute atomic E-state index is 0.0778. The highest BCUT2D eigenvalue weighted by Crippen LogP contribution is 2.30. The molecule has 2 N–H and O–H groups in total. The quantitative estimate of drug-likeness (QED) is 0.880. The summed E-state index contributed by atoms with van der Waals surface area (Å²) >= 11 is 5.65. The molecule has 116 valence electrons. The lowest BCUT2D eigenvalue weighted by molar-refractivity contribution is -0.119. The summed E-state index contributed by atoms with van der Waals surface area (Å²) in [6.07, 6.45) is 1.36. The van der Waals surface area contributed by atoms with Gasteiger partial charge in [0.2, 0.25) is 5.91 Å². The number of amides is 1. The van der Waals surface area contributed by atoms with Crippen molar-refractivity contribution in [2.75, 3.05) is 24.7 Å². The Kier molecular flexibility index (Phi) is 4.55. The molecule has 0 unspecified atom stereocenters. The van der Waals surface area contributed by atoms with Crippen molar-refractivity contribution in [1.82, 2.24) is 5.32 Å². The van der Waals surface area contributed by atoms with E-state index in [1.54, 1.807) is 0 Å². The normalized spacial score (nSPS) is 18.2. The van der Waals surface area contributed by atoms with Crippen LogP contribution in [-0.2, 0) is 14.6 Å². The van der Waals surface area contributed by atoms with E-state index in [4.69, 9.17) is 11.6 Å². The SMILES string of the molecule is CS(=O)(=O)C1(C(=O)Nc2ccc(Cl)cc2F)CCNCC1. The number of sulfone groups is 1. The Balaban J connectivity index is 2.31. The second-order valence-electron chi connectivity index (χ2n) is 5.09. The average molecular weight is 335 g/mol. The van der Waals surface area contributed by atoms with E-state index in [-0.39, 0.29) is 23.6 Å². The zero-order valence-electron chi connectivity index (χ0n) is 11.4. The predicted octanol–water partition coefficient (Wildman–Crippen LogP) is 1.58. The van der Waals surface area contributed by atoms with E-state index in [2.05, 4.69) is 10.6 Å². The summed E-state index contributed by atoms with van der Waals surface area (Å²) in [7, 11) is -3.63. The van der Waals surface area contributed by atoms with Crippen LogP contribution >= 0.6 is 11.6 Å². The van der Waals surface area contributed by atoms with Gasteiger partial charge in [-0.1, -0.05) is 11.6 Å². The Morgan fingerprint density at radius 2 is 2.00 bits per heavy atom. The first-order valence-corrected chi connectivity index (χ1v) is 8.70. The Morgan fingerprint density at radius 1 is 1.38 bits per heavy atom. The second kappa shape index (κ2) is 5.90. The molecule has 2 rings (SSSR count). The van der Waals surface area contributed by atoms with Gasteiger partial charge in [-0.15, -0.1) is 0 Å². The number of anilines is 1. The molecular weight excluding hydrogens is 319 g/mol. The molecule has 8 heteroatoms. The summed E-state index contributed by atoms with van der Waals surface area (Å²) < 4.78 is 36.4. The number of hydrogen-bond acceptors (Lipinski definition) is 4. The molecular formula is C13H16ClFN2O3S. The number of carbonyl (C=O) groups excluding carboxylic acids is 1. The molecule has 0 saturated carbocycles. The van der Waals surface area contributed by atoms with Crippen LogP contribution in [0.4, 0.5) is 10.1 Å². The van der Waals surface area contributed by atoms with E-state index in [9.17, 15) is 17.6 Å². The Bertz CT molecular complexity index is 657. The van der Waals surface area contributed by atoms with Crippen molar-refractivity contribution in [1.29, 1.82) is 0 Å². The summed E-state index contributed by atoms with van der Waals surface area (Å²) in [5.41, 5.74) is -0.0778. The fraction of sp³-hybridized carbons (Fsp3) is 0.462. The van der Waals surface area contributed by atoms with E-state index in [1.165, 1.54) is 12.1 Å². The average Bonchev–Trinajstić information content (AvgIpc) is 2.41. The third-order valence-corrected chi connectivity index (χ3v) is 5.96. The van der Waals surface area contributed by atoms with Gasteiger partial charge in [-0.05, 0) is 44.1 Å². The summed E-state index contributed by atoms with van der Waals surface area (Å²) in [5.74, 6) is -1.40. The van der Waals surface area contributed by atoms with Gasteiger partial charge in [0.25, 0.3) is 0 Å². The Morgan fingerprint density at radius 3 is 2.52 bits per heavy atom. The fourth-order valence-electron chi connectivity index (χ4n) is 2.42. The molecule has 1 amide bonds. The van der Waals surface area contributed by atoms with Gasteiger partial charge in [-0.25, -0.2) is 12.8 Å². The van der Waals surface area contributed by atoms with Crippen molar-refractivity contribution < 1.29 is 17.6 Å². The molecule has 1 saturated heterocycles. The maximum absolute atomic E-state index is 13.7. The summed E-state index contributed by atoms with van der Waals surface area (Å²) in [6, 6.07) is 3.80. The van der Waals surface area contributed by atoms with E-state index in [1.807, 2.05) is 0 Å². The van der Waals surface area contributed by atoms with Crippen LogP contribution in [0.5, 0.6) is 0 Å². The second-order valence-corrected chi connectivity index (χ2v) is 7.86. The molecule has 0 atom stereocenters. The van der Waals surface area contributed by atoms with Gasteiger partial charge in [-0.3, -0.25) is 4.79 Å². The summed E-state index contributed by atoms with van der Waals surface area (Å²) in [6.45, 7) is 0.840. The van der Waals surface area contributed by atoms with E-state index in [0.29, 0.717) is 13.1 Å². The zero-order chi connectivity index (χ0) is 15.7. The molecule has 0 spiro atoms. The molecule has 21 heavy (non-hydrogen) atoms. The van der Waals surface area contributed by atoms with Crippen molar-refractivity contribution in [3.05, 3.63) is 29.0 Å². The van der Waals surface area contributed by atoms with Crippen molar-refractivity contribution in [3.8, 4) is 0 Å². The molecule has 1 fully saturated rings. The van der Waals surface area contributed by atoms with Crippen LogP contribution in [0.2, 0.25) is 5.02 Å². The highest BCUT2D eigenvalue weighted by molar-refractivity contribution is 7.92. The number of hydrogen-bond donors (Lipinski definition) is 2. The first-order chi connectivity index (χ1) is 9.76. The van der Waals surface area contributed by atoms with Crippen LogP contribution in [0.3, 0.4) is 0 Å². The first kappa shape index (κ1) is 16.2. The van der Waals surface area contributed by atoms with E-state index >= 15 is 0 Å². The molecule has 0 bridgehead atoms. The highest BCUT2D eigenvalue weighted by Gasteiger charge is 2.48. The van der Waals surface area contributed by atoms with Gasteiger partial charge in [0.1, 0.15) is 5.82 Å². The number of nitrogens with one attached hydrogen (secondary N) is 2. The maximum atomic E-state index is 13.7. The lowest BCUT2D eigenvalue weighted by Crippen LogP contribution is -2.55. The Labute approximate surface area is 127 Å². The number of halogens is 2. The molecule has 5 nitrogen and oxygen atoms in total. The minimum atomic E-state index is -3.63. The smallest absolute Gasteiger partial charge is 0.246 e. The third kappa shape index (κ3) is 3.20. The number of rotatable bonds is 3. The minimum Gasteiger partial charge on any atom is -0.322 e. The van der Waals surface area contributed by atoms with Crippen LogP contribution in [0, 0.1) is 5.82 Å². The van der Waals surface area contributed by atoms with Crippen LogP contribution in [0.15, 0.2) is 18.2 Å². The molecule has 1 aliphatic heterocycles. The van der Waals surface area contributed by atoms with Gasteiger partial charge in [-0.2, -0.15) is 0 Å². The largest absolute Gasteiger partial charge is 0.322 e. The monoisotopic (exact) mass is 334 g/mol. The number of carbonyl (C=O) groups is 1. The standard InChI is InChI=1S/C13H16ClFN2O3S/c1-21(19,20)13(4-6-16-7-5-13)12(18)17-11-3-2-9(14)8-10(11)15/h2-3,8,16H,4-7H2,1H3,(H,17,18). The molecule has 1 aromatic rings. The lowest BCUT2D eigenvalue weighted by Gasteiger charge is -2.34. The summed E-state index contributed by atoms with van der Waals surface area (Å²) in [5, 5.41) is 5.59. The van der Waals surface area contributed by atoms with Crippen LogP contribution < -0.4 is 10.6 Å². The van der Waals surface area contributed by atoms with Gasteiger partial charge in [0.15, 0.2) is 14.6 Å². The molecule has 1 aromatic carbocycles. The topological polar surface area (TPSA) is 75.3 Å². The van der Waals surface area contributed by atoms with Crippen molar-refractivity contribution in [2.45, 2.75) is 17.6 Å². The number of piperidine rings is 1. The molecule has 0 aromatic heterocycles. The third-order valence-electron chi connectivity index (χ3n) is 3.71. The Hall–Kier alpha value is -1.18. The van der Waals surface area contributed by atoms with Gasteiger partial charge in [0, 0.05) is 11.3 Å². The number of benzene rings is 1. The molecule has 0 radical (unpaired) electrons. The highest BCUT2D eigenvalue weighted by atomic mass is 35.5. The van der Waals surface area contributed by atoms with Gasteiger partial charge in [0.05, 0.1) is 5.69 Å². The van der Waals surface area contributed by atoms with E-state index in [0.717, 1.165) is 12.3 Å². The zero-order valence-corrected chi connectivity index (χ0v) is 13.0. The molecule has 0 aliphatic carbocycles. The first-order valence-electron chi connectivity index (χ1n) is 6.43. The van der Waals surface area contributed by atoms with Crippen molar-refractivity contribution in [3.63, 3.8) is 0 Å². The van der Waals surface area contributed by atoms with Crippen molar-refractivity contribution in [2.24, 2.45) is 0 Å². The van der Waals surface area contributed by atoms with Crippen molar-refractivity contribution >= 4 is 33.0 Å².